The van der Waals surface area contributed by atoms with E-state index in [1.807, 2.05) is 12.1 Å². The SMILES string of the molecule is Cl.O=C1CCc2c(cccc2N2CCN(CC(O)CN3CCOCC3)CC2)N1. The summed E-state index contributed by atoms with van der Waals surface area (Å²) in [6.45, 7) is 8.65. The Hall–Kier alpha value is -1.38. The third kappa shape index (κ3) is 5.15. The molecule has 2 N–H and O–H groups in total. The highest BCUT2D eigenvalue weighted by atomic mass is 35.5. The number of morpholine rings is 1. The summed E-state index contributed by atoms with van der Waals surface area (Å²) >= 11 is 0. The van der Waals surface area contributed by atoms with E-state index in [1.165, 1.54) is 11.3 Å². The molecule has 28 heavy (non-hydrogen) atoms. The van der Waals surface area contributed by atoms with Crippen LogP contribution < -0.4 is 10.2 Å². The predicted octanol–water partition coefficient (Wildman–Crippen LogP) is 0.808. The van der Waals surface area contributed by atoms with Crippen LogP contribution in [0.3, 0.4) is 0 Å². The van der Waals surface area contributed by atoms with E-state index in [0.717, 1.165) is 77.7 Å². The number of rotatable bonds is 5. The average molecular weight is 411 g/mol. The van der Waals surface area contributed by atoms with Crippen LogP contribution in [0.15, 0.2) is 18.2 Å². The molecule has 0 aromatic heterocycles. The number of hydrogen-bond donors (Lipinski definition) is 2. The average Bonchev–Trinajstić information content (AvgIpc) is 2.68. The zero-order chi connectivity index (χ0) is 18.6. The first-order chi connectivity index (χ1) is 13.2. The van der Waals surface area contributed by atoms with Crippen LogP contribution in [0.25, 0.3) is 0 Å². The van der Waals surface area contributed by atoms with Crippen molar-refractivity contribution in [3.05, 3.63) is 23.8 Å². The maximum absolute atomic E-state index is 11.6. The Balaban J connectivity index is 0.00000225. The summed E-state index contributed by atoms with van der Waals surface area (Å²) in [5, 5.41) is 13.4. The molecular formula is C20H31ClN4O3. The van der Waals surface area contributed by atoms with Crippen LogP contribution in [0.2, 0.25) is 0 Å². The predicted molar refractivity (Wildman–Crippen MR) is 113 cm³/mol. The molecule has 0 saturated carbocycles. The third-order valence-corrected chi connectivity index (χ3v) is 5.78. The number of piperazine rings is 1. The molecule has 1 aromatic carbocycles. The number of fused-ring (bicyclic) bond motifs is 1. The molecule has 3 aliphatic rings. The van der Waals surface area contributed by atoms with E-state index < -0.39 is 0 Å². The van der Waals surface area contributed by atoms with E-state index in [2.05, 4.69) is 26.1 Å². The minimum Gasteiger partial charge on any atom is -0.390 e. The van der Waals surface area contributed by atoms with Crippen molar-refractivity contribution in [1.29, 1.82) is 0 Å². The van der Waals surface area contributed by atoms with Gasteiger partial charge >= 0.3 is 0 Å². The van der Waals surface area contributed by atoms with Crippen LogP contribution in [-0.4, -0.2) is 92.5 Å². The lowest BCUT2D eigenvalue weighted by Crippen LogP contribution is -2.51. The van der Waals surface area contributed by atoms with Gasteiger partial charge in [0.2, 0.25) is 5.91 Å². The number of carbonyl (C=O) groups excluding carboxylic acids is 1. The lowest BCUT2D eigenvalue weighted by Gasteiger charge is -2.39. The fourth-order valence-electron chi connectivity index (χ4n) is 4.31. The van der Waals surface area contributed by atoms with Crippen LogP contribution in [0.1, 0.15) is 12.0 Å². The van der Waals surface area contributed by atoms with E-state index in [4.69, 9.17) is 4.74 Å². The van der Waals surface area contributed by atoms with E-state index in [-0.39, 0.29) is 24.4 Å². The van der Waals surface area contributed by atoms with Gasteiger partial charge in [-0.25, -0.2) is 0 Å². The number of nitrogens with one attached hydrogen (secondary N) is 1. The molecule has 156 valence electrons. The quantitative estimate of drug-likeness (QED) is 0.748. The summed E-state index contributed by atoms with van der Waals surface area (Å²) in [4.78, 5) is 18.7. The van der Waals surface area contributed by atoms with Crippen molar-refractivity contribution < 1.29 is 14.6 Å². The van der Waals surface area contributed by atoms with Crippen molar-refractivity contribution in [1.82, 2.24) is 9.80 Å². The smallest absolute Gasteiger partial charge is 0.224 e. The van der Waals surface area contributed by atoms with Crippen molar-refractivity contribution >= 4 is 29.7 Å². The second kappa shape index (κ2) is 9.89. The number of nitrogens with zero attached hydrogens (tertiary/aromatic N) is 3. The van der Waals surface area contributed by atoms with E-state index >= 15 is 0 Å². The Labute approximate surface area is 173 Å². The molecule has 1 aromatic rings. The fraction of sp³-hybridized carbons (Fsp3) is 0.650. The van der Waals surface area contributed by atoms with Crippen molar-refractivity contribution in [3.63, 3.8) is 0 Å². The highest BCUT2D eigenvalue weighted by Crippen LogP contribution is 2.32. The van der Waals surface area contributed by atoms with Gasteiger partial charge in [0.05, 0.1) is 19.3 Å². The van der Waals surface area contributed by atoms with Gasteiger partial charge in [-0.2, -0.15) is 0 Å². The molecule has 0 bridgehead atoms. The Bertz CT molecular complexity index is 661. The summed E-state index contributed by atoms with van der Waals surface area (Å²) in [5.74, 6) is 0.110. The molecule has 0 aliphatic carbocycles. The number of hydrogen-bond acceptors (Lipinski definition) is 6. The van der Waals surface area contributed by atoms with E-state index in [1.54, 1.807) is 0 Å². The van der Waals surface area contributed by atoms with Gasteiger partial charge in [0, 0.05) is 70.2 Å². The lowest BCUT2D eigenvalue weighted by atomic mass is 10.00. The number of amides is 1. The topological polar surface area (TPSA) is 68.3 Å². The van der Waals surface area contributed by atoms with E-state index in [0.29, 0.717) is 6.42 Å². The Kier molecular flexibility index (Phi) is 7.54. The first-order valence-electron chi connectivity index (χ1n) is 10.1. The minimum absolute atomic E-state index is 0. The number of anilines is 2. The molecular weight excluding hydrogens is 380 g/mol. The molecule has 2 saturated heterocycles. The molecule has 8 heteroatoms. The molecule has 0 spiro atoms. The molecule has 4 rings (SSSR count). The maximum Gasteiger partial charge on any atom is 0.224 e. The monoisotopic (exact) mass is 410 g/mol. The standard InChI is InChI=1S/C20H30N4O3.ClH/c25-16(15-23-10-12-27-13-11-23)14-22-6-8-24(9-7-22)19-3-1-2-18-17(19)4-5-20(26)21-18;/h1-3,16,25H,4-15H2,(H,21,26);1H. The number of ether oxygens (including phenoxy) is 1. The zero-order valence-electron chi connectivity index (χ0n) is 16.3. The van der Waals surface area contributed by atoms with E-state index in [9.17, 15) is 9.90 Å². The van der Waals surface area contributed by atoms with Crippen molar-refractivity contribution in [2.24, 2.45) is 0 Å². The van der Waals surface area contributed by atoms with Crippen LogP contribution in [0.4, 0.5) is 11.4 Å². The molecule has 1 atom stereocenters. The van der Waals surface area contributed by atoms with Gasteiger partial charge < -0.3 is 20.1 Å². The van der Waals surface area contributed by atoms with Gasteiger partial charge in [0.15, 0.2) is 0 Å². The number of aliphatic hydroxyl groups is 1. The first-order valence-corrected chi connectivity index (χ1v) is 10.1. The minimum atomic E-state index is -0.311. The number of halogens is 1. The second-order valence-corrected chi connectivity index (χ2v) is 7.71. The molecule has 1 amide bonds. The molecule has 3 heterocycles. The summed E-state index contributed by atoms with van der Waals surface area (Å²) in [5.41, 5.74) is 3.48. The van der Waals surface area contributed by atoms with Crippen LogP contribution in [0.5, 0.6) is 0 Å². The first kappa shape index (κ1) is 21.3. The van der Waals surface area contributed by atoms with Crippen molar-refractivity contribution in [2.45, 2.75) is 18.9 Å². The molecule has 2 fully saturated rings. The number of β-amino-alcohol motifs (C(OH)–C–C–N with tert-alkyl or cyclic N) is 1. The van der Waals surface area contributed by atoms with Crippen molar-refractivity contribution in [2.75, 3.05) is 75.8 Å². The number of carbonyl (C=O) groups is 1. The lowest BCUT2D eigenvalue weighted by molar-refractivity contribution is -0.116. The molecule has 7 nitrogen and oxygen atoms in total. The Morgan fingerprint density at radius 1 is 1.00 bits per heavy atom. The highest BCUT2D eigenvalue weighted by molar-refractivity contribution is 5.95. The fourth-order valence-corrected chi connectivity index (χ4v) is 4.31. The normalized spacial score (nSPS) is 22.2. The van der Waals surface area contributed by atoms with Crippen molar-refractivity contribution in [3.8, 4) is 0 Å². The van der Waals surface area contributed by atoms with Gasteiger partial charge in [-0.05, 0) is 24.1 Å². The van der Waals surface area contributed by atoms with Gasteiger partial charge in [-0.15, -0.1) is 12.4 Å². The van der Waals surface area contributed by atoms with Gasteiger partial charge in [-0.3, -0.25) is 14.6 Å². The Morgan fingerprint density at radius 2 is 1.68 bits per heavy atom. The molecule has 1 unspecified atom stereocenters. The third-order valence-electron chi connectivity index (χ3n) is 5.78. The van der Waals surface area contributed by atoms with Gasteiger partial charge in [0.1, 0.15) is 0 Å². The number of aliphatic hydroxyl groups excluding tert-OH is 1. The summed E-state index contributed by atoms with van der Waals surface area (Å²) in [7, 11) is 0. The second-order valence-electron chi connectivity index (χ2n) is 7.71. The van der Waals surface area contributed by atoms with Gasteiger partial charge in [-0.1, -0.05) is 6.07 Å². The highest BCUT2D eigenvalue weighted by Gasteiger charge is 2.25. The Morgan fingerprint density at radius 3 is 2.39 bits per heavy atom. The summed E-state index contributed by atoms with van der Waals surface area (Å²) in [6.07, 6.45) is 1.07. The molecule has 0 radical (unpaired) electrons. The van der Waals surface area contributed by atoms with Crippen LogP contribution >= 0.6 is 12.4 Å². The van der Waals surface area contributed by atoms with Crippen LogP contribution in [0, 0.1) is 0 Å². The van der Waals surface area contributed by atoms with Gasteiger partial charge in [0.25, 0.3) is 0 Å². The summed E-state index contributed by atoms with van der Waals surface area (Å²) < 4.78 is 5.37. The largest absolute Gasteiger partial charge is 0.390 e. The zero-order valence-corrected chi connectivity index (χ0v) is 17.1. The summed E-state index contributed by atoms with van der Waals surface area (Å²) in [6, 6.07) is 6.19. The number of benzene rings is 1. The maximum atomic E-state index is 11.6. The molecule has 3 aliphatic heterocycles. The van der Waals surface area contributed by atoms with Crippen LogP contribution in [-0.2, 0) is 16.0 Å².